The van der Waals surface area contributed by atoms with Gasteiger partial charge in [0.1, 0.15) is 11.8 Å². The van der Waals surface area contributed by atoms with E-state index in [1.54, 1.807) is 4.90 Å². The number of nitrogens with one attached hydrogen (secondary N) is 1. The summed E-state index contributed by atoms with van der Waals surface area (Å²) in [6.45, 7) is 1.95. The molecule has 0 radical (unpaired) electrons. The zero-order valence-corrected chi connectivity index (χ0v) is 20.6. The predicted octanol–water partition coefficient (Wildman–Crippen LogP) is 1.37. The lowest BCUT2D eigenvalue weighted by Crippen LogP contribution is -2.58. The fourth-order valence-electron chi connectivity index (χ4n) is 4.90. The maximum absolute atomic E-state index is 13.0. The maximum Gasteiger partial charge on any atom is 0.433 e. The van der Waals surface area contributed by atoms with Gasteiger partial charge in [-0.05, 0) is 51.3 Å². The Balaban J connectivity index is 1.30. The van der Waals surface area contributed by atoms with Crippen molar-refractivity contribution in [2.75, 3.05) is 45.2 Å². The highest BCUT2D eigenvalue weighted by Gasteiger charge is 2.48. The van der Waals surface area contributed by atoms with Crippen LogP contribution in [0.15, 0.2) is 22.9 Å². The normalized spacial score (nSPS) is 17.6. The zero-order valence-electron chi connectivity index (χ0n) is 20.6. The topological polar surface area (TPSA) is 131 Å². The van der Waals surface area contributed by atoms with Gasteiger partial charge in [0.15, 0.2) is 11.5 Å². The first-order valence-corrected chi connectivity index (χ1v) is 12.0. The van der Waals surface area contributed by atoms with Crippen molar-refractivity contribution in [3.8, 4) is 0 Å². The van der Waals surface area contributed by atoms with Crippen LogP contribution in [-0.4, -0.2) is 83.2 Å². The third-order valence-electron chi connectivity index (χ3n) is 7.02. The summed E-state index contributed by atoms with van der Waals surface area (Å²) < 4.78 is 44.1. The largest absolute Gasteiger partial charge is 0.530 e. The van der Waals surface area contributed by atoms with Crippen LogP contribution in [0.2, 0.25) is 0 Å². The molecule has 0 atom stereocenters. The predicted molar refractivity (Wildman–Crippen MR) is 122 cm³/mol. The van der Waals surface area contributed by atoms with Crippen molar-refractivity contribution in [2.45, 2.75) is 44.4 Å². The summed E-state index contributed by atoms with van der Waals surface area (Å²) in [6.07, 6.45) is -2.20. The molecule has 1 spiro atoms. The van der Waals surface area contributed by atoms with Crippen LogP contribution in [0.1, 0.15) is 47.6 Å². The van der Waals surface area contributed by atoms with E-state index in [0.29, 0.717) is 51.9 Å². The van der Waals surface area contributed by atoms with E-state index in [9.17, 15) is 27.9 Å². The van der Waals surface area contributed by atoms with Crippen molar-refractivity contribution < 1.29 is 32.4 Å². The molecule has 2 amide bonds. The highest BCUT2D eigenvalue weighted by molar-refractivity contribution is 5.92. The lowest BCUT2D eigenvalue weighted by Gasteiger charge is -2.55. The minimum atomic E-state index is -4.54. The Bertz CT molecular complexity index is 1110. The highest BCUT2D eigenvalue weighted by atomic mass is 19.4. The molecule has 0 unspecified atom stereocenters. The molecule has 1 saturated carbocycles. The Morgan fingerprint density at radius 3 is 2.59 bits per heavy atom. The molecule has 202 valence electrons. The van der Waals surface area contributed by atoms with E-state index in [2.05, 4.69) is 20.4 Å². The second-order valence-electron chi connectivity index (χ2n) is 9.92. The molecule has 4 rings (SSSR count). The van der Waals surface area contributed by atoms with Crippen molar-refractivity contribution >= 4 is 17.9 Å². The fourth-order valence-corrected chi connectivity index (χ4v) is 4.90. The monoisotopic (exact) mass is 524 g/mol. The van der Waals surface area contributed by atoms with Gasteiger partial charge in [0.2, 0.25) is 5.95 Å². The Morgan fingerprint density at radius 2 is 1.97 bits per heavy atom. The van der Waals surface area contributed by atoms with E-state index in [4.69, 9.17) is 4.52 Å². The summed E-state index contributed by atoms with van der Waals surface area (Å²) in [7, 11) is 3.76. The molecule has 2 aliphatic rings. The molecule has 2 aromatic rings. The number of likely N-dealkylation sites (N-methyl/N-ethyl adjacent to an activating group) is 1. The summed E-state index contributed by atoms with van der Waals surface area (Å²) >= 11 is 0. The van der Waals surface area contributed by atoms with Crippen LogP contribution >= 0.6 is 0 Å². The molecule has 1 N–H and O–H groups in total. The summed E-state index contributed by atoms with van der Waals surface area (Å²) in [6, 6.07) is 1.97. The van der Waals surface area contributed by atoms with Crippen molar-refractivity contribution in [3.63, 3.8) is 0 Å². The SMILES string of the molecule is CN(C)CCNC(=O)c1cc(CN(C(=O)[O-])C2CC3(CCN(c4nccc(C(F)(F)F)n4)CC3)C2)on1. The standard InChI is InChI=1S/C23H30F3N7O4/c1-31(2)10-7-27-19(34)17-11-16(37-30-17)14-33(21(35)36)15-12-22(13-15)4-8-32(9-5-22)20-28-6-3-18(29-20)23(24,25)26/h3,6,11,15H,4-5,7-10,12-14H2,1-2H3,(H,27,34)(H,35,36)/p-1. The number of carboxylic acid groups (broad SMARTS) is 1. The first kappa shape index (κ1) is 26.6. The average Bonchev–Trinajstić information content (AvgIpc) is 3.29. The molecule has 3 heterocycles. The third-order valence-corrected chi connectivity index (χ3v) is 7.02. The third kappa shape index (κ3) is 6.29. The summed E-state index contributed by atoms with van der Waals surface area (Å²) in [4.78, 5) is 36.5. The van der Waals surface area contributed by atoms with Gasteiger partial charge in [-0.2, -0.15) is 13.2 Å². The van der Waals surface area contributed by atoms with Crippen LogP contribution in [0.4, 0.5) is 23.9 Å². The van der Waals surface area contributed by atoms with Gasteiger partial charge in [-0.15, -0.1) is 0 Å². The molecule has 37 heavy (non-hydrogen) atoms. The molecule has 1 aliphatic carbocycles. The number of amides is 2. The maximum atomic E-state index is 13.0. The molecular formula is C23H29F3N7O4-. The van der Waals surface area contributed by atoms with E-state index in [1.165, 1.54) is 11.0 Å². The molecule has 11 nitrogen and oxygen atoms in total. The van der Waals surface area contributed by atoms with Gasteiger partial charge in [-0.25, -0.2) is 9.97 Å². The first-order chi connectivity index (χ1) is 17.5. The molecular weight excluding hydrogens is 495 g/mol. The van der Waals surface area contributed by atoms with Crippen LogP contribution in [0.25, 0.3) is 0 Å². The lowest BCUT2D eigenvalue weighted by molar-refractivity contribution is -0.273. The van der Waals surface area contributed by atoms with Crippen molar-refractivity contribution in [1.29, 1.82) is 0 Å². The van der Waals surface area contributed by atoms with Crippen molar-refractivity contribution in [3.05, 3.63) is 35.5 Å². The Hall–Kier alpha value is -3.42. The molecule has 2 fully saturated rings. The minimum absolute atomic E-state index is 0.0452. The number of rotatable bonds is 8. The van der Waals surface area contributed by atoms with Gasteiger partial charge in [-0.1, -0.05) is 5.16 Å². The Kier molecular flexibility index (Phi) is 7.57. The smallest absolute Gasteiger partial charge is 0.433 e. The van der Waals surface area contributed by atoms with Gasteiger partial charge in [0.05, 0.1) is 6.54 Å². The summed E-state index contributed by atoms with van der Waals surface area (Å²) in [5.41, 5.74) is -1.01. The van der Waals surface area contributed by atoms with Crippen LogP contribution in [0.5, 0.6) is 0 Å². The summed E-state index contributed by atoms with van der Waals surface area (Å²) in [5.74, 6) is -0.126. The highest BCUT2D eigenvalue weighted by Crippen LogP contribution is 2.51. The number of hydrogen-bond donors (Lipinski definition) is 1. The zero-order chi connectivity index (χ0) is 26.8. The summed E-state index contributed by atoms with van der Waals surface area (Å²) in [5, 5.41) is 18.3. The average molecular weight is 525 g/mol. The van der Waals surface area contributed by atoms with E-state index in [-0.39, 0.29) is 35.4 Å². The molecule has 14 heteroatoms. The van der Waals surface area contributed by atoms with Gasteiger partial charge in [0, 0.05) is 44.5 Å². The number of halogens is 3. The van der Waals surface area contributed by atoms with E-state index < -0.39 is 23.9 Å². The Labute approximate surface area is 211 Å². The molecule has 1 saturated heterocycles. The van der Waals surface area contributed by atoms with Crippen LogP contribution in [0.3, 0.4) is 0 Å². The van der Waals surface area contributed by atoms with Gasteiger partial charge < -0.3 is 34.4 Å². The molecule has 0 aromatic carbocycles. The van der Waals surface area contributed by atoms with E-state index in [1.807, 2.05) is 19.0 Å². The second kappa shape index (κ2) is 10.5. The van der Waals surface area contributed by atoms with Crippen LogP contribution in [-0.2, 0) is 12.7 Å². The van der Waals surface area contributed by atoms with Gasteiger partial charge in [-0.3, -0.25) is 4.79 Å². The number of carbonyl (C=O) groups is 2. The molecule has 1 aliphatic heterocycles. The van der Waals surface area contributed by atoms with Crippen LogP contribution in [0, 0.1) is 5.41 Å². The second-order valence-corrected chi connectivity index (χ2v) is 9.92. The number of aromatic nitrogens is 3. The van der Waals surface area contributed by atoms with Gasteiger partial charge in [0.25, 0.3) is 5.91 Å². The number of alkyl halides is 3. The number of hydrogen-bond acceptors (Lipinski definition) is 9. The fraction of sp³-hybridized carbons (Fsp3) is 0.609. The first-order valence-electron chi connectivity index (χ1n) is 12.0. The Morgan fingerprint density at radius 1 is 1.27 bits per heavy atom. The number of anilines is 1. The minimum Gasteiger partial charge on any atom is -0.530 e. The lowest BCUT2D eigenvalue weighted by atomic mass is 9.60. The van der Waals surface area contributed by atoms with E-state index in [0.717, 1.165) is 12.3 Å². The van der Waals surface area contributed by atoms with Crippen molar-refractivity contribution in [2.24, 2.45) is 5.41 Å². The number of piperidine rings is 1. The molecule has 2 aromatic heterocycles. The number of nitrogens with zero attached hydrogens (tertiary/aromatic N) is 6. The van der Waals surface area contributed by atoms with Crippen LogP contribution < -0.4 is 15.3 Å². The number of carbonyl (C=O) groups excluding carboxylic acids is 2. The van der Waals surface area contributed by atoms with Gasteiger partial charge >= 0.3 is 6.18 Å². The molecule has 0 bridgehead atoms. The van der Waals surface area contributed by atoms with E-state index >= 15 is 0 Å². The van der Waals surface area contributed by atoms with Crippen molar-refractivity contribution in [1.82, 2.24) is 30.2 Å². The quantitative estimate of drug-likeness (QED) is 0.544.